The van der Waals surface area contributed by atoms with Gasteiger partial charge in [0.25, 0.3) is 0 Å². The van der Waals surface area contributed by atoms with Gasteiger partial charge in [-0.1, -0.05) is 19.8 Å². The second-order valence-electron chi connectivity index (χ2n) is 3.93. The zero-order valence-electron chi connectivity index (χ0n) is 12.2. The van der Waals surface area contributed by atoms with Gasteiger partial charge in [0.2, 0.25) is 0 Å². The summed E-state index contributed by atoms with van der Waals surface area (Å²) in [5, 5.41) is 0. The van der Waals surface area contributed by atoms with Gasteiger partial charge in [-0.25, -0.2) is 6.66 Å². The van der Waals surface area contributed by atoms with Crippen molar-refractivity contribution in [1.29, 1.82) is 0 Å². The van der Waals surface area contributed by atoms with Crippen molar-refractivity contribution in [3.63, 3.8) is 0 Å². The Kier molecular flexibility index (Phi) is 14.5. The number of aryl methyl sites for hydroxylation is 1. The number of hydrogen-bond donors (Lipinski definition) is 2. The third kappa shape index (κ3) is 8.70. The molecule has 1 fully saturated rings. The van der Waals surface area contributed by atoms with Gasteiger partial charge in [0, 0.05) is 68.8 Å². The molecule has 1 aliphatic rings. The molecule has 11 heteroatoms. The monoisotopic (exact) mass is 606 g/mol. The first-order chi connectivity index (χ1) is 8.36. The van der Waals surface area contributed by atoms with Crippen molar-refractivity contribution in [1.82, 2.24) is 19.5 Å². The van der Waals surface area contributed by atoms with Crippen LogP contribution in [-0.2, 0) is 76.9 Å². The Morgan fingerprint density at radius 1 is 1.41 bits per heavy atom. The predicted octanol–water partition coefficient (Wildman–Crippen LogP) is 1.51. The fourth-order valence-corrected chi connectivity index (χ4v) is 1.43. The van der Waals surface area contributed by atoms with E-state index in [9.17, 15) is 4.57 Å². The van der Waals surface area contributed by atoms with Crippen LogP contribution < -0.4 is 0 Å². The van der Waals surface area contributed by atoms with Crippen molar-refractivity contribution in [2.24, 2.45) is 0 Å². The van der Waals surface area contributed by atoms with Crippen molar-refractivity contribution in [2.75, 3.05) is 0 Å². The van der Waals surface area contributed by atoms with Crippen LogP contribution in [0.4, 0.5) is 0 Å². The minimum Gasteiger partial charge on any atom is -0.452 e. The topological polar surface area (TPSA) is 101 Å². The minimum absolute atomic E-state index is 0. The molecule has 2 radical (unpaired) electrons. The van der Waals surface area contributed by atoms with Crippen LogP contribution in [0.15, 0.2) is 6.33 Å². The molecule has 0 unspecified atom stereocenters. The maximum Gasteiger partial charge on any atom is 2.00 e. The number of imidazole rings is 1. The van der Waals surface area contributed by atoms with Crippen LogP contribution in [0.2, 0.25) is 0 Å². The van der Waals surface area contributed by atoms with Gasteiger partial charge in [0.05, 0.1) is 0 Å². The Morgan fingerprint density at radius 2 is 1.91 bits per heavy atom. The second kappa shape index (κ2) is 11.5. The zero-order chi connectivity index (χ0) is 13.3. The van der Waals surface area contributed by atoms with Crippen LogP contribution in [0.3, 0.4) is 0 Å². The average molecular weight is 606 g/mol. The van der Waals surface area contributed by atoms with Crippen LogP contribution in [0.25, 0.3) is 11.2 Å². The first kappa shape index (κ1) is 27.8. The predicted molar refractivity (Wildman–Crippen MR) is 70.6 cm³/mol. The number of fused-ring (bicyclic) bond motifs is 1. The molecule has 118 valence electrons. The molecule has 3 rings (SSSR count). The van der Waals surface area contributed by atoms with E-state index in [1.54, 1.807) is 0 Å². The van der Waals surface area contributed by atoms with Crippen molar-refractivity contribution in [3.05, 3.63) is 38.5 Å². The molecule has 0 aromatic carbocycles. The molecule has 1 saturated carbocycles. The first-order valence-electron chi connectivity index (χ1n) is 5.19. The van der Waals surface area contributed by atoms with Crippen molar-refractivity contribution < 1.29 is 86.7 Å². The first-order valence-corrected chi connectivity index (χ1v) is 6.99. The Morgan fingerprint density at radius 3 is 2.36 bits per heavy atom. The fourth-order valence-electron chi connectivity index (χ4n) is 1.43. The van der Waals surface area contributed by atoms with Crippen LogP contribution in [0.1, 0.15) is 18.5 Å². The van der Waals surface area contributed by atoms with E-state index in [4.69, 9.17) is 9.79 Å². The molecule has 22 heavy (non-hydrogen) atoms. The van der Waals surface area contributed by atoms with Gasteiger partial charge in [0.15, 0.2) is 7.60 Å². The number of rotatable bonds is 1. The second-order valence-corrected chi connectivity index (χ2v) is 5.26. The SMILES string of the molecule is Cc1n[c-]nc2c1ncn2[C-]1CC1.[CH2-]P(=O)(O)O.[CH3-].[V].[W+2].[Y]. The van der Waals surface area contributed by atoms with Crippen molar-refractivity contribution in [3.8, 4) is 0 Å². The summed E-state index contributed by atoms with van der Waals surface area (Å²) in [4.78, 5) is 27.4. The molecular formula is C11H15N4O3PVWY-2. The van der Waals surface area contributed by atoms with E-state index in [1.807, 2.05) is 17.8 Å². The summed E-state index contributed by atoms with van der Waals surface area (Å²) in [6.45, 7) is 4.36. The molecule has 1 aliphatic carbocycles. The van der Waals surface area contributed by atoms with Crippen LogP contribution in [-0.4, -0.2) is 29.3 Å². The van der Waals surface area contributed by atoms with E-state index in [0.717, 1.165) is 29.7 Å². The van der Waals surface area contributed by atoms with Gasteiger partial charge in [0.1, 0.15) is 0 Å². The largest absolute Gasteiger partial charge is 2.00 e. The Labute approximate surface area is 181 Å². The van der Waals surface area contributed by atoms with E-state index in [0.29, 0.717) is 0 Å². The number of hydrogen-bond acceptors (Lipinski definition) is 4. The fraction of sp³-hybridized carbons (Fsp3) is 0.273. The molecular weight excluding hydrogens is 591 g/mol. The summed E-state index contributed by atoms with van der Waals surface area (Å²) < 4.78 is 11.3. The summed E-state index contributed by atoms with van der Waals surface area (Å²) in [5.41, 5.74) is 2.67. The molecule has 2 aromatic rings. The van der Waals surface area contributed by atoms with Crippen molar-refractivity contribution in [2.45, 2.75) is 19.8 Å². The smallest absolute Gasteiger partial charge is 0.452 e. The van der Waals surface area contributed by atoms with E-state index in [-0.39, 0.29) is 79.8 Å². The summed E-state index contributed by atoms with van der Waals surface area (Å²) in [6.07, 6.45) is 6.78. The van der Waals surface area contributed by atoms with Gasteiger partial charge in [-0.2, -0.15) is 0 Å². The summed E-state index contributed by atoms with van der Waals surface area (Å²) in [6, 6.07) is 1.38. The third-order valence-corrected chi connectivity index (χ3v) is 2.27. The van der Waals surface area contributed by atoms with E-state index in [2.05, 4.69) is 27.9 Å². The standard InChI is InChI=1S/C9H8N4.CH4O3P.CH3.V.W.Y/c1-6-8-9(11-4-10-6)13(5-12-8)7-2-3-7;1-5(2,3)4;;;;/h5H,2-3H2,1H3;1H2,(H2,2,3,4);1H3;;;/q-2;2*-1;;+2;. The molecule has 2 aromatic heterocycles. The van der Waals surface area contributed by atoms with Gasteiger partial charge in [-0.05, 0) is 12.0 Å². The molecule has 0 atom stereocenters. The molecule has 2 heterocycles. The average Bonchev–Trinajstić information content (AvgIpc) is 2.97. The molecule has 0 aliphatic heterocycles. The molecule has 0 bridgehead atoms. The minimum atomic E-state index is -3.89. The van der Waals surface area contributed by atoms with E-state index in [1.165, 1.54) is 6.04 Å². The van der Waals surface area contributed by atoms with Crippen molar-refractivity contribution >= 4 is 18.8 Å². The van der Waals surface area contributed by atoms with Gasteiger partial charge in [-0.3, -0.25) is 4.57 Å². The Balaban J connectivity index is -0.000000361. The summed E-state index contributed by atoms with van der Waals surface area (Å²) >= 11 is 0. The summed E-state index contributed by atoms with van der Waals surface area (Å²) in [7, 11) is -3.89. The van der Waals surface area contributed by atoms with E-state index >= 15 is 0 Å². The zero-order valence-corrected chi connectivity index (χ0v) is 20.2. The number of aromatic nitrogens is 4. The third-order valence-electron chi connectivity index (χ3n) is 2.27. The normalized spacial score (nSPS) is 11.7. The number of nitrogens with zero attached hydrogens (tertiary/aromatic N) is 4. The molecule has 2 N–H and O–H groups in total. The summed E-state index contributed by atoms with van der Waals surface area (Å²) in [5.74, 6) is 0. The molecule has 0 saturated heterocycles. The molecule has 0 spiro atoms. The van der Waals surface area contributed by atoms with Gasteiger partial charge in [-0.15, -0.1) is 6.04 Å². The Hall–Kier alpha value is 0.947. The van der Waals surface area contributed by atoms with Crippen LogP contribution >= 0.6 is 7.60 Å². The molecule has 7 nitrogen and oxygen atoms in total. The van der Waals surface area contributed by atoms with Gasteiger partial charge < -0.3 is 36.7 Å². The maximum absolute atomic E-state index is 9.22. The Bertz CT molecular complexity index is 612. The maximum atomic E-state index is 9.22. The van der Waals surface area contributed by atoms with Crippen LogP contribution in [0, 0.1) is 33.4 Å². The van der Waals surface area contributed by atoms with Gasteiger partial charge >= 0.3 is 21.1 Å². The quantitative estimate of drug-likeness (QED) is 0.378. The van der Waals surface area contributed by atoms with E-state index < -0.39 is 7.60 Å². The molecule has 0 amide bonds. The van der Waals surface area contributed by atoms with Crippen LogP contribution in [0.5, 0.6) is 0 Å².